The quantitative estimate of drug-likeness (QED) is 0.459. The lowest BCUT2D eigenvalue weighted by atomic mass is 10.1. The molecule has 0 heterocycles. The van der Waals surface area contributed by atoms with Crippen molar-refractivity contribution in [2.45, 2.75) is 13.8 Å². The van der Waals surface area contributed by atoms with Gasteiger partial charge in [-0.15, -0.1) is 0 Å². The van der Waals surface area contributed by atoms with Crippen LogP contribution in [0, 0.1) is 13.8 Å². The van der Waals surface area contributed by atoms with Gasteiger partial charge in [0.1, 0.15) is 18.6 Å². The van der Waals surface area contributed by atoms with Crippen LogP contribution in [0.1, 0.15) is 11.1 Å². The highest BCUT2D eigenvalue weighted by molar-refractivity contribution is 5.96. The Morgan fingerprint density at radius 3 is 2.65 bits per heavy atom. The molecule has 0 fully saturated rings. The van der Waals surface area contributed by atoms with Crippen LogP contribution in [0.25, 0.3) is 0 Å². The van der Waals surface area contributed by atoms with Crippen molar-refractivity contribution in [2.24, 2.45) is 0 Å². The van der Waals surface area contributed by atoms with Crippen molar-refractivity contribution in [1.82, 2.24) is 5.32 Å². The van der Waals surface area contributed by atoms with Gasteiger partial charge in [-0.3, -0.25) is 14.4 Å². The van der Waals surface area contributed by atoms with Crippen molar-refractivity contribution in [1.29, 1.82) is 0 Å². The third-order valence-corrected chi connectivity index (χ3v) is 2.62. The summed E-state index contributed by atoms with van der Waals surface area (Å²) in [5, 5.41) is 10.6. The molecule has 20 heavy (non-hydrogen) atoms. The van der Waals surface area contributed by atoms with Crippen molar-refractivity contribution < 1.29 is 24.2 Å². The maximum absolute atomic E-state index is 11.7. The molecular weight excluding hydrogens is 262 g/mol. The Bertz CT molecular complexity index is 563. The van der Waals surface area contributed by atoms with E-state index in [2.05, 4.69) is 5.32 Å². The molecule has 6 nitrogen and oxygen atoms in total. The lowest BCUT2D eigenvalue weighted by Gasteiger charge is -2.12. The fourth-order valence-electron chi connectivity index (χ4n) is 1.41. The van der Waals surface area contributed by atoms with Gasteiger partial charge in [0.25, 0.3) is 5.91 Å². The highest BCUT2D eigenvalue weighted by atomic mass is 16.5. The predicted molar refractivity (Wildman–Crippen MR) is 71.3 cm³/mol. The number of nitrogens with one attached hydrogen (secondary N) is 1. The van der Waals surface area contributed by atoms with Crippen LogP contribution in [0.4, 0.5) is 0 Å². The maximum atomic E-state index is 11.7. The van der Waals surface area contributed by atoms with Crippen LogP contribution in [0.15, 0.2) is 30.0 Å². The summed E-state index contributed by atoms with van der Waals surface area (Å²) in [6.07, 6.45) is 1.35. The van der Waals surface area contributed by atoms with E-state index in [9.17, 15) is 14.4 Å². The number of allylic oxidation sites excluding steroid dienone is 1. The van der Waals surface area contributed by atoms with Crippen LogP contribution < -0.4 is 10.1 Å². The molecule has 0 aromatic heterocycles. The number of carbonyl (C=O) groups is 3. The predicted octanol–water partition coefficient (Wildman–Crippen LogP) is 0.966. The Morgan fingerprint density at radius 2 is 2.05 bits per heavy atom. The molecular formula is C14H15NO5. The largest absolute Gasteiger partial charge is 0.480 e. The third kappa shape index (κ3) is 4.24. The number of aliphatic carboxylic acids is 1. The molecule has 0 spiro atoms. The van der Waals surface area contributed by atoms with Gasteiger partial charge in [-0.05, 0) is 31.0 Å². The molecule has 1 aromatic carbocycles. The van der Waals surface area contributed by atoms with Crippen molar-refractivity contribution in [3.8, 4) is 5.75 Å². The molecule has 0 unspecified atom stereocenters. The zero-order valence-corrected chi connectivity index (χ0v) is 11.2. The van der Waals surface area contributed by atoms with Gasteiger partial charge in [-0.2, -0.15) is 0 Å². The average molecular weight is 277 g/mol. The van der Waals surface area contributed by atoms with Crippen LogP contribution in [0.3, 0.4) is 0 Å². The molecule has 0 aliphatic heterocycles. The van der Waals surface area contributed by atoms with Crippen LogP contribution in [-0.4, -0.2) is 29.8 Å². The number of rotatable bonds is 6. The summed E-state index contributed by atoms with van der Waals surface area (Å²) < 4.78 is 5.39. The normalized spacial score (nSPS) is 10.8. The number of hydrogen-bond acceptors (Lipinski definition) is 4. The molecule has 0 atom stereocenters. The second kappa shape index (κ2) is 7.08. The molecule has 1 rings (SSSR count). The van der Waals surface area contributed by atoms with Crippen LogP contribution in [0.5, 0.6) is 5.75 Å². The minimum absolute atomic E-state index is 0.255. The first-order valence-corrected chi connectivity index (χ1v) is 5.85. The molecule has 0 radical (unpaired) electrons. The molecule has 0 aliphatic rings. The second-order valence-electron chi connectivity index (χ2n) is 4.04. The summed E-state index contributed by atoms with van der Waals surface area (Å²) >= 11 is 0. The zero-order chi connectivity index (χ0) is 15.1. The maximum Gasteiger partial charge on any atom is 0.322 e. The molecule has 0 saturated heterocycles. The topological polar surface area (TPSA) is 92.7 Å². The van der Waals surface area contributed by atoms with Crippen molar-refractivity contribution in [3.05, 3.63) is 41.2 Å². The van der Waals surface area contributed by atoms with Crippen molar-refractivity contribution >= 4 is 18.2 Å². The molecule has 0 saturated carbocycles. The molecule has 6 heteroatoms. The number of hydrogen-bond donors (Lipinski definition) is 2. The summed E-state index contributed by atoms with van der Waals surface area (Å²) in [5.74, 6) is -1.77. The smallest absolute Gasteiger partial charge is 0.322 e. The van der Waals surface area contributed by atoms with E-state index in [4.69, 9.17) is 9.84 Å². The second-order valence-corrected chi connectivity index (χ2v) is 4.04. The van der Waals surface area contributed by atoms with Gasteiger partial charge in [0.15, 0.2) is 5.76 Å². The Kier molecular flexibility index (Phi) is 5.46. The fourth-order valence-corrected chi connectivity index (χ4v) is 1.41. The number of carboxylic acids is 1. The molecule has 106 valence electrons. The minimum Gasteiger partial charge on any atom is -0.480 e. The Balaban J connectivity index is 2.90. The number of amides is 1. The number of carbonyl (C=O) groups excluding carboxylic acids is 2. The number of benzene rings is 1. The molecule has 0 aliphatic carbocycles. The van der Waals surface area contributed by atoms with Gasteiger partial charge < -0.3 is 15.2 Å². The lowest BCUT2D eigenvalue weighted by Crippen LogP contribution is -2.32. The standard InChI is InChI=1S/C14H15NO5/c1-9-4-3-5-11(10(9)2)20-12(6-7-16)14(19)15-8-13(17)18/h3-7H,8H2,1-2H3,(H,15,19)(H,17,18)/b12-6-. The zero-order valence-electron chi connectivity index (χ0n) is 11.2. The highest BCUT2D eigenvalue weighted by Crippen LogP contribution is 2.22. The monoisotopic (exact) mass is 277 g/mol. The number of aryl methyl sites for hydroxylation is 1. The summed E-state index contributed by atoms with van der Waals surface area (Å²) in [5.41, 5.74) is 1.80. The molecule has 1 aromatic rings. The summed E-state index contributed by atoms with van der Waals surface area (Å²) in [6.45, 7) is 3.15. The summed E-state index contributed by atoms with van der Waals surface area (Å²) in [7, 11) is 0. The average Bonchev–Trinajstić information content (AvgIpc) is 2.40. The van der Waals surface area contributed by atoms with E-state index in [1.54, 1.807) is 12.1 Å². The number of aldehydes is 1. The number of ether oxygens (including phenoxy) is 1. The van der Waals surface area contributed by atoms with E-state index in [0.717, 1.165) is 17.2 Å². The fraction of sp³-hybridized carbons (Fsp3) is 0.214. The first-order valence-electron chi connectivity index (χ1n) is 5.85. The highest BCUT2D eigenvalue weighted by Gasteiger charge is 2.14. The van der Waals surface area contributed by atoms with E-state index >= 15 is 0 Å². The Morgan fingerprint density at radius 1 is 1.35 bits per heavy atom. The Labute approximate surface area is 116 Å². The SMILES string of the molecule is Cc1cccc(O/C(=C\C=O)C(=O)NCC(=O)O)c1C. The van der Waals surface area contributed by atoms with Gasteiger partial charge in [-0.25, -0.2) is 0 Å². The van der Waals surface area contributed by atoms with Gasteiger partial charge in [0.05, 0.1) is 0 Å². The van der Waals surface area contributed by atoms with Crippen molar-refractivity contribution in [2.75, 3.05) is 6.54 Å². The lowest BCUT2D eigenvalue weighted by molar-refractivity contribution is -0.137. The van der Waals surface area contributed by atoms with E-state index in [-0.39, 0.29) is 5.76 Å². The van der Waals surface area contributed by atoms with Crippen LogP contribution >= 0.6 is 0 Å². The van der Waals surface area contributed by atoms with Gasteiger partial charge in [0, 0.05) is 6.08 Å². The first-order chi connectivity index (χ1) is 9.45. The van der Waals surface area contributed by atoms with Gasteiger partial charge >= 0.3 is 5.97 Å². The van der Waals surface area contributed by atoms with E-state index < -0.39 is 18.4 Å². The molecule has 0 bridgehead atoms. The van der Waals surface area contributed by atoms with Crippen LogP contribution in [0.2, 0.25) is 0 Å². The minimum atomic E-state index is -1.18. The van der Waals surface area contributed by atoms with Gasteiger partial charge in [-0.1, -0.05) is 12.1 Å². The van der Waals surface area contributed by atoms with Crippen molar-refractivity contribution in [3.63, 3.8) is 0 Å². The first kappa shape index (κ1) is 15.4. The molecule has 1 amide bonds. The summed E-state index contributed by atoms with van der Waals surface area (Å²) in [6, 6.07) is 5.30. The van der Waals surface area contributed by atoms with E-state index in [0.29, 0.717) is 12.0 Å². The Hall–Kier alpha value is -2.63. The number of carboxylic acid groups (broad SMARTS) is 1. The molecule has 2 N–H and O–H groups in total. The van der Waals surface area contributed by atoms with E-state index in [1.165, 1.54) is 0 Å². The third-order valence-electron chi connectivity index (χ3n) is 2.62. The van der Waals surface area contributed by atoms with E-state index in [1.807, 2.05) is 19.9 Å². The summed E-state index contributed by atoms with van der Waals surface area (Å²) in [4.78, 5) is 32.7. The van der Waals surface area contributed by atoms with Gasteiger partial charge in [0.2, 0.25) is 0 Å². The van der Waals surface area contributed by atoms with Crippen LogP contribution in [-0.2, 0) is 14.4 Å².